The van der Waals surface area contributed by atoms with E-state index in [-0.39, 0.29) is 5.91 Å². The summed E-state index contributed by atoms with van der Waals surface area (Å²) in [5.74, 6) is 6.77. The van der Waals surface area contributed by atoms with Crippen LogP contribution < -0.4 is 5.32 Å². The molecule has 0 aliphatic carbocycles. The quantitative estimate of drug-likeness (QED) is 0.565. The number of amidine groups is 1. The summed E-state index contributed by atoms with van der Waals surface area (Å²) in [5.41, 5.74) is 0. The largest absolute Gasteiger partial charge is 0.305 e. The Hall–Kier alpha value is -0.950. The highest BCUT2D eigenvalue weighted by atomic mass is 32.2. The van der Waals surface area contributed by atoms with Crippen LogP contribution in [0, 0.1) is 11.8 Å². The van der Waals surface area contributed by atoms with Crippen molar-refractivity contribution in [2.45, 2.75) is 26.2 Å². The molecule has 0 spiro atoms. The Morgan fingerprint density at radius 3 is 3.21 bits per heavy atom. The Balaban J connectivity index is 2.11. The van der Waals surface area contributed by atoms with Crippen molar-refractivity contribution >= 4 is 22.8 Å². The second-order valence-corrected chi connectivity index (χ2v) is 3.95. The van der Waals surface area contributed by atoms with Gasteiger partial charge in [-0.2, -0.15) is 0 Å². The van der Waals surface area contributed by atoms with E-state index in [4.69, 9.17) is 0 Å². The van der Waals surface area contributed by atoms with Gasteiger partial charge in [0.1, 0.15) is 0 Å². The van der Waals surface area contributed by atoms with Gasteiger partial charge in [-0.15, -0.1) is 11.8 Å². The number of rotatable bonds is 3. The van der Waals surface area contributed by atoms with Gasteiger partial charge in [0.2, 0.25) is 5.91 Å². The number of hydrogen-bond donors (Lipinski definition) is 1. The van der Waals surface area contributed by atoms with Crippen LogP contribution in [0.25, 0.3) is 0 Å². The van der Waals surface area contributed by atoms with Crippen molar-refractivity contribution in [2.75, 3.05) is 12.3 Å². The lowest BCUT2D eigenvalue weighted by Crippen LogP contribution is -2.26. The first-order valence-corrected chi connectivity index (χ1v) is 5.68. The highest BCUT2D eigenvalue weighted by Crippen LogP contribution is 2.09. The number of hydrogen-bond acceptors (Lipinski definition) is 3. The molecule has 0 atom stereocenters. The Morgan fingerprint density at radius 2 is 2.57 bits per heavy atom. The molecular weight excluding hydrogens is 196 g/mol. The van der Waals surface area contributed by atoms with Gasteiger partial charge in [0.05, 0.1) is 6.54 Å². The molecule has 0 aromatic heterocycles. The molecule has 1 amide bonds. The summed E-state index contributed by atoms with van der Waals surface area (Å²) >= 11 is 1.60. The summed E-state index contributed by atoms with van der Waals surface area (Å²) in [6, 6.07) is 0. The molecule has 0 fully saturated rings. The number of thioether (sulfide) groups is 1. The second-order valence-electron chi connectivity index (χ2n) is 2.86. The Labute approximate surface area is 88.7 Å². The van der Waals surface area contributed by atoms with E-state index in [1.807, 2.05) is 6.92 Å². The molecule has 3 nitrogen and oxygen atoms in total. The minimum absolute atomic E-state index is 0.0519. The van der Waals surface area contributed by atoms with Crippen LogP contribution in [0.1, 0.15) is 26.2 Å². The van der Waals surface area contributed by atoms with Gasteiger partial charge in [0.15, 0.2) is 5.17 Å². The van der Waals surface area contributed by atoms with Crippen LogP contribution in [-0.4, -0.2) is 23.4 Å². The van der Waals surface area contributed by atoms with E-state index in [1.165, 1.54) is 0 Å². The lowest BCUT2D eigenvalue weighted by molar-refractivity contribution is -0.119. The fraction of sp³-hybridized carbons (Fsp3) is 0.600. The summed E-state index contributed by atoms with van der Waals surface area (Å²) < 4.78 is 0. The van der Waals surface area contributed by atoms with Crippen molar-refractivity contribution in [1.29, 1.82) is 0 Å². The fourth-order valence-corrected chi connectivity index (χ4v) is 1.80. The maximum absolute atomic E-state index is 11.3. The van der Waals surface area contributed by atoms with Crippen molar-refractivity contribution in [3.8, 4) is 11.8 Å². The number of amides is 1. The molecule has 0 saturated carbocycles. The molecular formula is C10H14N2OS. The minimum atomic E-state index is 0.0519. The number of nitrogens with zero attached hydrogens (tertiary/aromatic N) is 1. The van der Waals surface area contributed by atoms with Crippen LogP contribution in [0.15, 0.2) is 4.99 Å². The first kappa shape index (κ1) is 11.1. The molecule has 0 saturated heterocycles. The molecule has 0 bridgehead atoms. The van der Waals surface area contributed by atoms with E-state index >= 15 is 0 Å². The van der Waals surface area contributed by atoms with Gasteiger partial charge in [-0.05, 0) is 13.3 Å². The zero-order chi connectivity index (χ0) is 10.2. The standard InChI is InChI=1S/C10H14N2OS/c1-2-3-4-5-6-9(13)12-10-11-7-8-14-10/h4-8H2,1H3,(H,11,12,13). The highest BCUT2D eigenvalue weighted by molar-refractivity contribution is 8.14. The normalized spacial score (nSPS) is 14.2. The van der Waals surface area contributed by atoms with Crippen molar-refractivity contribution < 1.29 is 4.79 Å². The summed E-state index contributed by atoms with van der Waals surface area (Å²) in [6.07, 6.45) is 2.16. The Bertz CT molecular complexity index is 288. The van der Waals surface area contributed by atoms with Gasteiger partial charge in [0, 0.05) is 18.6 Å². The summed E-state index contributed by atoms with van der Waals surface area (Å²) in [7, 11) is 0. The summed E-state index contributed by atoms with van der Waals surface area (Å²) in [5, 5.41) is 3.56. The van der Waals surface area contributed by atoms with Gasteiger partial charge < -0.3 is 5.32 Å². The maximum atomic E-state index is 11.3. The van der Waals surface area contributed by atoms with E-state index < -0.39 is 0 Å². The average molecular weight is 210 g/mol. The first-order valence-electron chi connectivity index (χ1n) is 4.69. The average Bonchev–Trinajstić information content (AvgIpc) is 2.65. The van der Waals surface area contributed by atoms with E-state index in [2.05, 4.69) is 22.2 Å². The third kappa shape index (κ3) is 4.33. The number of aliphatic imine (C=N–C) groups is 1. The lowest BCUT2D eigenvalue weighted by Gasteiger charge is -2.01. The zero-order valence-electron chi connectivity index (χ0n) is 8.30. The molecule has 1 N–H and O–H groups in total. The molecule has 0 unspecified atom stereocenters. The predicted octanol–water partition coefficient (Wildman–Crippen LogP) is 1.40. The predicted molar refractivity (Wildman–Crippen MR) is 60.2 cm³/mol. The number of unbranched alkanes of at least 4 members (excludes halogenated alkanes) is 1. The molecule has 0 aromatic carbocycles. The summed E-state index contributed by atoms with van der Waals surface area (Å²) in [6.45, 7) is 2.63. The first-order chi connectivity index (χ1) is 6.83. The number of carbonyl (C=O) groups excluding carboxylic acids is 1. The SMILES string of the molecule is CC#CCCCC(=O)NC1=NCCS1. The van der Waals surface area contributed by atoms with Crippen LogP contribution >= 0.6 is 11.8 Å². The third-order valence-electron chi connectivity index (χ3n) is 1.71. The van der Waals surface area contributed by atoms with Crippen LogP contribution in [0.2, 0.25) is 0 Å². The molecule has 0 aromatic rings. The van der Waals surface area contributed by atoms with Crippen molar-refractivity contribution in [2.24, 2.45) is 4.99 Å². The van der Waals surface area contributed by atoms with Crippen molar-refractivity contribution in [3.63, 3.8) is 0 Å². The molecule has 0 radical (unpaired) electrons. The highest BCUT2D eigenvalue weighted by Gasteiger charge is 2.09. The van der Waals surface area contributed by atoms with Crippen molar-refractivity contribution in [1.82, 2.24) is 5.32 Å². The van der Waals surface area contributed by atoms with E-state index in [0.717, 1.165) is 30.3 Å². The molecule has 1 rings (SSSR count). The second kappa shape index (κ2) is 6.50. The monoisotopic (exact) mass is 210 g/mol. The summed E-state index contributed by atoms with van der Waals surface area (Å²) in [4.78, 5) is 15.4. The maximum Gasteiger partial charge on any atom is 0.225 e. The van der Waals surface area contributed by atoms with Gasteiger partial charge >= 0.3 is 0 Å². The van der Waals surface area contributed by atoms with E-state index in [1.54, 1.807) is 11.8 Å². The fourth-order valence-electron chi connectivity index (χ4n) is 1.05. The van der Waals surface area contributed by atoms with Crippen molar-refractivity contribution in [3.05, 3.63) is 0 Å². The molecule has 4 heteroatoms. The molecule has 14 heavy (non-hydrogen) atoms. The zero-order valence-corrected chi connectivity index (χ0v) is 9.12. The Morgan fingerprint density at radius 1 is 1.71 bits per heavy atom. The topological polar surface area (TPSA) is 41.5 Å². The number of nitrogens with one attached hydrogen (secondary N) is 1. The van der Waals surface area contributed by atoms with Gasteiger partial charge in [0.25, 0.3) is 0 Å². The number of carbonyl (C=O) groups is 1. The molecule has 1 aliphatic heterocycles. The van der Waals surface area contributed by atoms with Gasteiger partial charge in [-0.3, -0.25) is 9.79 Å². The van der Waals surface area contributed by atoms with Crippen LogP contribution in [-0.2, 0) is 4.79 Å². The van der Waals surface area contributed by atoms with Crippen LogP contribution in [0.3, 0.4) is 0 Å². The van der Waals surface area contributed by atoms with E-state index in [0.29, 0.717) is 6.42 Å². The Kier molecular flexibility index (Phi) is 5.16. The molecule has 76 valence electrons. The molecule has 1 heterocycles. The minimum Gasteiger partial charge on any atom is -0.305 e. The van der Waals surface area contributed by atoms with Gasteiger partial charge in [-0.1, -0.05) is 11.8 Å². The third-order valence-corrected chi connectivity index (χ3v) is 2.61. The molecule has 1 aliphatic rings. The van der Waals surface area contributed by atoms with E-state index in [9.17, 15) is 4.79 Å². The van der Waals surface area contributed by atoms with Gasteiger partial charge in [-0.25, -0.2) is 0 Å². The van der Waals surface area contributed by atoms with Crippen LogP contribution in [0.5, 0.6) is 0 Å². The van der Waals surface area contributed by atoms with Crippen LogP contribution in [0.4, 0.5) is 0 Å². The lowest BCUT2D eigenvalue weighted by atomic mass is 10.2. The smallest absolute Gasteiger partial charge is 0.225 e.